The summed E-state index contributed by atoms with van der Waals surface area (Å²) in [7, 11) is 0. The molecule has 2 rings (SSSR count). The lowest BCUT2D eigenvalue weighted by molar-refractivity contribution is 0.0694. The fraction of sp³-hybridized carbons (Fsp3) is 0.462. The molecule has 98 valence electrons. The van der Waals surface area contributed by atoms with Crippen LogP contribution in [0.25, 0.3) is 0 Å². The summed E-state index contributed by atoms with van der Waals surface area (Å²) >= 11 is 7.44. The highest BCUT2D eigenvalue weighted by molar-refractivity contribution is 7.99. The lowest BCUT2D eigenvalue weighted by Gasteiger charge is -2.11. The number of hydrogen-bond acceptors (Lipinski definition) is 3. The molecule has 1 fully saturated rings. The van der Waals surface area contributed by atoms with Crippen molar-refractivity contribution in [1.82, 2.24) is 0 Å². The van der Waals surface area contributed by atoms with Gasteiger partial charge in [-0.25, -0.2) is 4.79 Å². The lowest BCUT2D eigenvalue weighted by Crippen LogP contribution is -2.10. The molecule has 1 N–H and O–H groups in total. The second-order valence-electron chi connectivity index (χ2n) is 4.40. The third-order valence-electron chi connectivity index (χ3n) is 2.92. The molecule has 1 aromatic carbocycles. The van der Waals surface area contributed by atoms with Crippen LogP contribution in [-0.4, -0.2) is 29.0 Å². The number of ether oxygens (including phenoxy) is 1. The van der Waals surface area contributed by atoms with E-state index in [1.54, 1.807) is 23.9 Å². The average Bonchev–Trinajstić information content (AvgIpc) is 2.74. The average molecular weight is 287 g/mol. The van der Waals surface area contributed by atoms with Crippen molar-refractivity contribution in [3.05, 3.63) is 28.8 Å². The van der Waals surface area contributed by atoms with Gasteiger partial charge in [0.2, 0.25) is 0 Å². The molecule has 1 aromatic rings. The number of hydrogen-bond donors (Lipinski definition) is 1. The Kier molecular flexibility index (Phi) is 4.54. The van der Waals surface area contributed by atoms with Crippen LogP contribution in [0.15, 0.2) is 23.1 Å². The molecule has 2 unspecified atom stereocenters. The van der Waals surface area contributed by atoms with E-state index in [-0.39, 0.29) is 16.7 Å². The van der Waals surface area contributed by atoms with Gasteiger partial charge in [0.15, 0.2) is 0 Å². The van der Waals surface area contributed by atoms with E-state index in [1.807, 2.05) is 6.07 Å². The van der Waals surface area contributed by atoms with Crippen LogP contribution >= 0.6 is 23.4 Å². The molecular weight excluding hydrogens is 272 g/mol. The molecule has 1 aliphatic heterocycles. The number of halogens is 1. The number of rotatable bonds is 4. The van der Waals surface area contributed by atoms with Gasteiger partial charge < -0.3 is 9.84 Å². The van der Waals surface area contributed by atoms with Gasteiger partial charge in [0.25, 0.3) is 0 Å². The first-order valence-electron chi connectivity index (χ1n) is 5.87. The van der Waals surface area contributed by atoms with Crippen molar-refractivity contribution in [2.75, 3.05) is 5.75 Å². The van der Waals surface area contributed by atoms with Gasteiger partial charge in [0, 0.05) is 10.6 Å². The predicted molar refractivity (Wildman–Crippen MR) is 72.7 cm³/mol. The van der Waals surface area contributed by atoms with Crippen molar-refractivity contribution in [2.45, 2.75) is 36.9 Å². The molecule has 5 heteroatoms. The van der Waals surface area contributed by atoms with Crippen LogP contribution in [0.4, 0.5) is 0 Å². The highest BCUT2D eigenvalue weighted by atomic mass is 35.5. The first-order valence-corrected chi connectivity index (χ1v) is 7.23. The SMILES string of the molecule is CC1CCC(CSc2ccc(Cl)c(C(=O)O)c2)O1. The number of benzene rings is 1. The number of carboxylic acid groups (broad SMARTS) is 1. The maximum Gasteiger partial charge on any atom is 0.337 e. The molecular formula is C13H15ClO3S. The molecule has 1 saturated heterocycles. The summed E-state index contributed by atoms with van der Waals surface area (Å²) < 4.78 is 5.72. The number of carboxylic acids is 1. The van der Waals surface area contributed by atoms with Crippen LogP contribution < -0.4 is 0 Å². The van der Waals surface area contributed by atoms with E-state index in [2.05, 4.69) is 6.92 Å². The minimum atomic E-state index is -0.992. The standard InChI is InChI=1S/C13H15ClO3S/c1-8-2-3-9(17-8)7-18-10-4-5-12(14)11(6-10)13(15)16/h4-6,8-9H,2-3,7H2,1H3,(H,15,16). The van der Waals surface area contributed by atoms with Gasteiger partial charge in [-0.2, -0.15) is 0 Å². The number of thioether (sulfide) groups is 1. The third kappa shape index (κ3) is 3.40. The largest absolute Gasteiger partial charge is 0.478 e. The Morgan fingerprint density at radius 3 is 2.94 bits per heavy atom. The fourth-order valence-corrected chi connectivity index (χ4v) is 3.14. The van der Waals surface area contributed by atoms with Crippen molar-refractivity contribution in [2.24, 2.45) is 0 Å². The predicted octanol–water partition coefficient (Wildman–Crippen LogP) is 3.70. The van der Waals surface area contributed by atoms with Crippen molar-refractivity contribution < 1.29 is 14.6 Å². The van der Waals surface area contributed by atoms with Crippen LogP contribution in [0.3, 0.4) is 0 Å². The molecule has 0 aromatic heterocycles. The molecule has 18 heavy (non-hydrogen) atoms. The third-order valence-corrected chi connectivity index (χ3v) is 4.38. The van der Waals surface area contributed by atoms with Gasteiger partial charge >= 0.3 is 5.97 Å². The van der Waals surface area contributed by atoms with E-state index in [0.29, 0.717) is 6.10 Å². The maximum atomic E-state index is 11.0. The van der Waals surface area contributed by atoms with Crippen LogP contribution in [0, 0.1) is 0 Å². The van der Waals surface area contributed by atoms with Gasteiger partial charge in [0.1, 0.15) is 0 Å². The molecule has 2 atom stereocenters. The summed E-state index contributed by atoms with van der Waals surface area (Å²) in [6.07, 6.45) is 2.80. The van der Waals surface area contributed by atoms with Crippen LogP contribution in [0.5, 0.6) is 0 Å². The molecule has 3 nitrogen and oxygen atoms in total. The summed E-state index contributed by atoms with van der Waals surface area (Å²) in [5, 5.41) is 9.26. The Bertz CT molecular complexity index is 450. The zero-order chi connectivity index (χ0) is 13.1. The zero-order valence-corrected chi connectivity index (χ0v) is 11.6. The smallest absolute Gasteiger partial charge is 0.337 e. The molecule has 1 heterocycles. The molecule has 0 aliphatic carbocycles. The van der Waals surface area contributed by atoms with E-state index < -0.39 is 5.97 Å². The highest BCUT2D eigenvalue weighted by Gasteiger charge is 2.21. The summed E-state index contributed by atoms with van der Waals surface area (Å²) in [5.74, 6) is -0.140. The Morgan fingerprint density at radius 1 is 1.56 bits per heavy atom. The second-order valence-corrected chi connectivity index (χ2v) is 5.90. The second kappa shape index (κ2) is 5.95. The van der Waals surface area contributed by atoms with Crippen LogP contribution in [0.1, 0.15) is 30.1 Å². The van der Waals surface area contributed by atoms with Gasteiger partial charge in [-0.1, -0.05) is 11.6 Å². The van der Waals surface area contributed by atoms with E-state index in [1.165, 1.54) is 0 Å². The van der Waals surface area contributed by atoms with E-state index in [4.69, 9.17) is 21.4 Å². The maximum absolute atomic E-state index is 11.0. The van der Waals surface area contributed by atoms with Crippen molar-refractivity contribution >= 4 is 29.3 Å². The monoisotopic (exact) mass is 286 g/mol. The minimum absolute atomic E-state index is 0.155. The van der Waals surface area contributed by atoms with Crippen molar-refractivity contribution in [3.63, 3.8) is 0 Å². The topological polar surface area (TPSA) is 46.5 Å². The molecule has 0 saturated carbocycles. The Balaban J connectivity index is 1.97. The first kappa shape index (κ1) is 13.7. The molecule has 0 spiro atoms. The van der Waals surface area contributed by atoms with Gasteiger partial charge in [-0.15, -0.1) is 11.8 Å². The zero-order valence-electron chi connectivity index (χ0n) is 10.1. The normalized spacial score (nSPS) is 23.2. The number of carbonyl (C=O) groups is 1. The Labute approximate surface area is 115 Å². The van der Waals surface area contributed by atoms with E-state index in [0.717, 1.165) is 23.5 Å². The lowest BCUT2D eigenvalue weighted by atomic mass is 10.2. The summed E-state index contributed by atoms with van der Waals surface area (Å²) in [5.41, 5.74) is 0.155. The Hall–Kier alpha value is -0.710. The summed E-state index contributed by atoms with van der Waals surface area (Å²) in [6.45, 7) is 2.08. The van der Waals surface area contributed by atoms with Gasteiger partial charge in [0.05, 0.1) is 22.8 Å². The minimum Gasteiger partial charge on any atom is -0.478 e. The highest BCUT2D eigenvalue weighted by Crippen LogP contribution is 2.28. The fourth-order valence-electron chi connectivity index (χ4n) is 1.96. The summed E-state index contributed by atoms with van der Waals surface area (Å²) in [4.78, 5) is 11.9. The van der Waals surface area contributed by atoms with Crippen LogP contribution in [-0.2, 0) is 4.74 Å². The van der Waals surface area contributed by atoms with Crippen molar-refractivity contribution in [3.8, 4) is 0 Å². The van der Waals surface area contributed by atoms with Gasteiger partial charge in [-0.05, 0) is 38.0 Å². The Morgan fingerprint density at radius 2 is 2.33 bits per heavy atom. The van der Waals surface area contributed by atoms with Gasteiger partial charge in [-0.3, -0.25) is 0 Å². The van der Waals surface area contributed by atoms with Crippen molar-refractivity contribution in [1.29, 1.82) is 0 Å². The van der Waals surface area contributed by atoms with E-state index in [9.17, 15) is 4.79 Å². The molecule has 0 amide bonds. The quantitative estimate of drug-likeness (QED) is 0.858. The summed E-state index contributed by atoms with van der Waals surface area (Å²) in [6, 6.07) is 5.09. The molecule has 1 aliphatic rings. The number of aromatic carboxylic acids is 1. The molecule has 0 radical (unpaired) electrons. The first-order chi connectivity index (χ1) is 8.56. The van der Waals surface area contributed by atoms with Crippen LogP contribution in [0.2, 0.25) is 5.02 Å². The molecule has 0 bridgehead atoms. The van der Waals surface area contributed by atoms with E-state index >= 15 is 0 Å².